The molecule has 0 spiro atoms. The highest BCUT2D eigenvalue weighted by Gasteiger charge is 2.26. The number of aromatic nitrogens is 1. The Balaban J connectivity index is 2.26. The van der Waals surface area contributed by atoms with Gasteiger partial charge in [0.1, 0.15) is 5.78 Å². The van der Waals surface area contributed by atoms with E-state index in [9.17, 15) is 18.0 Å². The van der Waals surface area contributed by atoms with E-state index < -0.39 is 12.6 Å². The van der Waals surface area contributed by atoms with Gasteiger partial charge in [0, 0.05) is 24.6 Å². The van der Waals surface area contributed by atoms with E-state index >= 15 is 0 Å². The molecule has 0 saturated carbocycles. The van der Waals surface area contributed by atoms with Crippen LogP contribution in [-0.2, 0) is 11.2 Å². The minimum absolute atomic E-state index is 0.0611. The second-order valence-electron chi connectivity index (χ2n) is 3.36. The number of nitrogens with two attached hydrogens (primary N) is 1. The fourth-order valence-corrected chi connectivity index (χ4v) is 1.74. The number of hydrogen-bond donors (Lipinski definition) is 1. The molecule has 0 unspecified atom stereocenters. The van der Waals surface area contributed by atoms with Gasteiger partial charge in [-0.1, -0.05) is 0 Å². The maximum Gasteiger partial charge on any atom is 0.389 e. The van der Waals surface area contributed by atoms with Gasteiger partial charge in [-0.05, 0) is 6.42 Å². The molecule has 0 aliphatic rings. The maximum atomic E-state index is 11.8. The van der Waals surface area contributed by atoms with E-state index in [1.165, 1.54) is 11.3 Å². The number of alkyl halides is 3. The molecule has 0 bridgehead atoms. The third-order valence-electron chi connectivity index (χ3n) is 1.86. The molecule has 0 aromatic carbocycles. The number of nitrogen functional groups attached to an aromatic ring is 1. The molecular weight excluding hydrogens is 241 g/mol. The van der Waals surface area contributed by atoms with Crippen molar-refractivity contribution in [3.63, 3.8) is 0 Å². The summed E-state index contributed by atoms with van der Waals surface area (Å²) in [6.07, 6.45) is -5.28. The van der Waals surface area contributed by atoms with Crippen molar-refractivity contribution in [2.45, 2.75) is 31.9 Å². The van der Waals surface area contributed by atoms with Crippen molar-refractivity contribution in [2.24, 2.45) is 0 Å². The minimum Gasteiger partial charge on any atom is -0.375 e. The number of carbonyl (C=O) groups excluding carboxylic acids is 1. The number of anilines is 1. The first-order valence-corrected chi connectivity index (χ1v) is 5.53. The Bertz CT molecular complexity index is 362. The Hall–Kier alpha value is -1.11. The number of halogens is 3. The molecule has 1 aromatic heterocycles. The zero-order valence-electron chi connectivity index (χ0n) is 8.38. The van der Waals surface area contributed by atoms with Gasteiger partial charge in [0.15, 0.2) is 5.13 Å². The van der Waals surface area contributed by atoms with E-state index in [1.54, 1.807) is 5.38 Å². The molecule has 0 radical (unpaired) electrons. The number of ketones is 1. The van der Waals surface area contributed by atoms with Gasteiger partial charge in [-0.3, -0.25) is 4.79 Å². The van der Waals surface area contributed by atoms with E-state index in [4.69, 9.17) is 5.73 Å². The monoisotopic (exact) mass is 252 g/mol. The van der Waals surface area contributed by atoms with Crippen molar-refractivity contribution in [2.75, 3.05) is 5.73 Å². The topological polar surface area (TPSA) is 56.0 Å². The summed E-state index contributed by atoms with van der Waals surface area (Å²) in [6.45, 7) is 0. The molecule has 1 aromatic rings. The summed E-state index contributed by atoms with van der Waals surface area (Å²) in [5.74, 6) is -0.241. The first-order valence-electron chi connectivity index (χ1n) is 4.65. The third kappa shape index (κ3) is 5.11. The average molecular weight is 252 g/mol. The number of Topliss-reactive ketones (excluding diaryl/α,β-unsaturated/α-hetero) is 1. The summed E-state index contributed by atoms with van der Waals surface area (Å²) >= 11 is 1.21. The Kier molecular flexibility index (Phi) is 4.28. The van der Waals surface area contributed by atoms with Crippen molar-refractivity contribution in [1.82, 2.24) is 4.98 Å². The van der Waals surface area contributed by atoms with Crippen LogP contribution in [0, 0.1) is 0 Å². The molecule has 3 nitrogen and oxygen atoms in total. The smallest absolute Gasteiger partial charge is 0.375 e. The summed E-state index contributed by atoms with van der Waals surface area (Å²) in [5.41, 5.74) is 5.89. The predicted molar refractivity (Wildman–Crippen MR) is 55.1 cm³/mol. The molecule has 0 aliphatic carbocycles. The second kappa shape index (κ2) is 5.29. The highest BCUT2D eigenvalue weighted by Crippen LogP contribution is 2.22. The lowest BCUT2D eigenvalue weighted by molar-refractivity contribution is -0.137. The molecule has 0 amide bonds. The quantitative estimate of drug-likeness (QED) is 0.876. The SMILES string of the molecule is Nc1nc(CC(=O)CCCC(F)(F)F)cs1. The number of nitrogens with zero attached hydrogens (tertiary/aromatic N) is 1. The van der Waals surface area contributed by atoms with E-state index in [0.717, 1.165) is 0 Å². The highest BCUT2D eigenvalue weighted by atomic mass is 32.1. The first kappa shape index (κ1) is 13.0. The fourth-order valence-electron chi connectivity index (χ4n) is 1.18. The van der Waals surface area contributed by atoms with Crippen molar-refractivity contribution < 1.29 is 18.0 Å². The van der Waals surface area contributed by atoms with Gasteiger partial charge in [0.05, 0.1) is 5.69 Å². The lowest BCUT2D eigenvalue weighted by atomic mass is 10.1. The summed E-state index contributed by atoms with van der Waals surface area (Å²) < 4.78 is 35.4. The van der Waals surface area contributed by atoms with E-state index in [0.29, 0.717) is 10.8 Å². The summed E-state index contributed by atoms with van der Waals surface area (Å²) in [6, 6.07) is 0. The van der Waals surface area contributed by atoms with Crippen molar-refractivity contribution >= 4 is 22.3 Å². The van der Waals surface area contributed by atoms with Crippen LogP contribution >= 0.6 is 11.3 Å². The van der Waals surface area contributed by atoms with Gasteiger partial charge >= 0.3 is 6.18 Å². The van der Waals surface area contributed by atoms with Gasteiger partial charge in [-0.15, -0.1) is 11.3 Å². The van der Waals surface area contributed by atoms with Gasteiger partial charge in [0.2, 0.25) is 0 Å². The molecule has 0 fully saturated rings. The number of hydrogen-bond acceptors (Lipinski definition) is 4. The maximum absolute atomic E-state index is 11.8. The lowest BCUT2D eigenvalue weighted by Gasteiger charge is -2.04. The van der Waals surface area contributed by atoms with Crippen LogP contribution in [0.4, 0.5) is 18.3 Å². The molecule has 1 heterocycles. The third-order valence-corrected chi connectivity index (χ3v) is 2.59. The van der Waals surface area contributed by atoms with Crippen LogP contribution in [0.1, 0.15) is 25.0 Å². The highest BCUT2D eigenvalue weighted by molar-refractivity contribution is 7.13. The van der Waals surface area contributed by atoms with E-state index in [-0.39, 0.29) is 25.0 Å². The van der Waals surface area contributed by atoms with Crippen molar-refractivity contribution in [1.29, 1.82) is 0 Å². The molecule has 0 saturated heterocycles. The van der Waals surface area contributed by atoms with Gasteiger partial charge in [-0.25, -0.2) is 4.98 Å². The van der Waals surface area contributed by atoms with Crippen molar-refractivity contribution in [3.05, 3.63) is 11.1 Å². The average Bonchev–Trinajstić information content (AvgIpc) is 2.48. The molecule has 0 aliphatic heterocycles. The Labute approximate surface area is 94.5 Å². The van der Waals surface area contributed by atoms with Crippen LogP contribution in [0.15, 0.2) is 5.38 Å². The zero-order chi connectivity index (χ0) is 12.2. The summed E-state index contributed by atoms with van der Waals surface area (Å²) in [5, 5.41) is 2.00. The van der Waals surface area contributed by atoms with Crippen LogP contribution in [0.2, 0.25) is 0 Å². The zero-order valence-corrected chi connectivity index (χ0v) is 9.20. The Morgan fingerprint density at radius 3 is 2.69 bits per heavy atom. The Morgan fingerprint density at radius 2 is 2.19 bits per heavy atom. The molecule has 0 atom stereocenters. The fraction of sp³-hybridized carbons (Fsp3) is 0.556. The first-order chi connectivity index (χ1) is 7.37. The molecule has 16 heavy (non-hydrogen) atoms. The van der Waals surface area contributed by atoms with Crippen molar-refractivity contribution in [3.8, 4) is 0 Å². The van der Waals surface area contributed by atoms with Gasteiger partial charge in [-0.2, -0.15) is 13.2 Å². The summed E-state index contributed by atoms with van der Waals surface area (Å²) in [7, 11) is 0. The normalized spacial score (nSPS) is 11.7. The van der Waals surface area contributed by atoms with E-state index in [1.807, 2.05) is 0 Å². The predicted octanol–water partition coefficient (Wildman–Crippen LogP) is 2.57. The van der Waals surface area contributed by atoms with E-state index in [2.05, 4.69) is 4.98 Å². The molecule has 2 N–H and O–H groups in total. The number of thiazole rings is 1. The van der Waals surface area contributed by atoms with Crippen LogP contribution in [-0.4, -0.2) is 16.9 Å². The lowest BCUT2D eigenvalue weighted by Crippen LogP contribution is -2.09. The number of carbonyl (C=O) groups is 1. The summed E-state index contributed by atoms with van der Waals surface area (Å²) in [4.78, 5) is 15.1. The molecule has 90 valence electrons. The molecule has 1 rings (SSSR count). The Morgan fingerprint density at radius 1 is 1.50 bits per heavy atom. The molecular formula is C9H11F3N2OS. The van der Waals surface area contributed by atoms with Crippen LogP contribution in [0.5, 0.6) is 0 Å². The minimum atomic E-state index is -4.19. The largest absolute Gasteiger partial charge is 0.389 e. The molecule has 7 heteroatoms. The van der Waals surface area contributed by atoms with Gasteiger partial charge in [0.25, 0.3) is 0 Å². The second-order valence-corrected chi connectivity index (χ2v) is 4.25. The standard InChI is InChI=1S/C9H11F3N2OS/c10-9(11,12)3-1-2-7(15)4-6-5-16-8(13)14-6/h5H,1-4H2,(H2,13,14). The van der Waals surface area contributed by atoms with Crippen LogP contribution < -0.4 is 5.73 Å². The van der Waals surface area contributed by atoms with Gasteiger partial charge < -0.3 is 5.73 Å². The van der Waals surface area contributed by atoms with Crippen LogP contribution in [0.25, 0.3) is 0 Å². The number of rotatable bonds is 5. The van der Waals surface area contributed by atoms with Crippen LogP contribution in [0.3, 0.4) is 0 Å².